The SMILES string of the molecule is Clc1ccc(NCCCNCC2COc3cccnc3O2)nn1. The number of nitrogens with zero attached hydrogens (tertiary/aromatic N) is 3. The first-order chi connectivity index (χ1) is 11.3. The fourth-order valence-corrected chi connectivity index (χ4v) is 2.25. The van der Waals surface area contributed by atoms with E-state index in [1.807, 2.05) is 12.1 Å². The average molecular weight is 336 g/mol. The van der Waals surface area contributed by atoms with Gasteiger partial charge in [-0.15, -0.1) is 10.2 Å². The predicted molar refractivity (Wildman–Crippen MR) is 87.2 cm³/mol. The van der Waals surface area contributed by atoms with Gasteiger partial charge in [-0.05, 0) is 37.2 Å². The first-order valence-corrected chi connectivity index (χ1v) is 7.87. The molecule has 7 nitrogen and oxygen atoms in total. The Kier molecular flexibility index (Phi) is 5.44. The molecule has 0 fully saturated rings. The molecule has 0 aromatic carbocycles. The summed E-state index contributed by atoms with van der Waals surface area (Å²) < 4.78 is 11.4. The van der Waals surface area contributed by atoms with Crippen LogP contribution in [0, 0.1) is 0 Å². The van der Waals surface area contributed by atoms with E-state index in [9.17, 15) is 0 Å². The Morgan fingerprint density at radius 3 is 3.04 bits per heavy atom. The van der Waals surface area contributed by atoms with Crippen LogP contribution in [0.2, 0.25) is 5.15 Å². The standard InChI is InChI=1S/C15H18ClN5O2/c16-13-4-5-14(21-20-13)18-8-2-6-17-9-11-10-22-12-3-1-7-19-15(12)23-11/h1,3-5,7,11,17H,2,6,8-10H2,(H,18,21). The van der Waals surface area contributed by atoms with Crippen molar-refractivity contribution in [1.82, 2.24) is 20.5 Å². The van der Waals surface area contributed by atoms with Crippen molar-refractivity contribution < 1.29 is 9.47 Å². The third-order valence-electron chi connectivity index (χ3n) is 3.28. The molecule has 0 spiro atoms. The minimum absolute atomic E-state index is 0.0208. The molecule has 0 aliphatic carbocycles. The van der Waals surface area contributed by atoms with E-state index in [-0.39, 0.29) is 6.10 Å². The molecule has 122 valence electrons. The molecule has 0 saturated carbocycles. The highest BCUT2D eigenvalue weighted by atomic mass is 35.5. The van der Waals surface area contributed by atoms with Crippen molar-refractivity contribution in [2.75, 3.05) is 31.6 Å². The number of rotatable bonds is 7. The van der Waals surface area contributed by atoms with Gasteiger partial charge in [-0.25, -0.2) is 4.98 Å². The Balaban J connectivity index is 1.29. The summed E-state index contributed by atoms with van der Waals surface area (Å²) in [6.07, 6.45) is 2.63. The van der Waals surface area contributed by atoms with E-state index in [0.717, 1.165) is 31.9 Å². The van der Waals surface area contributed by atoms with E-state index >= 15 is 0 Å². The number of aromatic nitrogens is 3. The van der Waals surface area contributed by atoms with E-state index in [2.05, 4.69) is 25.8 Å². The molecule has 0 amide bonds. The number of pyridine rings is 1. The van der Waals surface area contributed by atoms with Crippen LogP contribution in [0.1, 0.15) is 6.42 Å². The minimum atomic E-state index is -0.0208. The van der Waals surface area contributed by atoms with Crippen molar-refractivity contribution in [2.24, 2.45) is 0 Å². The van der Waals surface area contributed by atoms with Gasteiger partial charge in [0.1, 0.15) is 18.5 Å². The van der Waals surface area contributed by atoms with Crippen molar-refractivity contribution in [3.8, 4) is 11.6 Å². The number of hydrogen-bond donors (Lipinski definition) is 2. The maximum Gasteiger partial charge on any atom is 0.257 e. The zero-order valence-electron chi connectivity index (χ0n) is 12.5. The average Bonchev–Trinajstić information content (AvgIpc) is 2.59. The summed E-state index contributed by atoms with van der Waals surface area (Å²) in [6.45, 7) is 2.92. The van der Waals surface area contributed by atoms with Gasteiger partial charge in [0.15, 0.2) is 10.9 Å². The van der Waals surface area contributed by atoms with E-state index in [1.165, 1.54) is 0 Å². The van der Waals surface area contributed by atoms with Crippen molar-refractivity contribution in [1.29, 1.82) is 0 Å². The fourth-order valence-electron chi connectivity index (χ4n) is 2.15. The smallest absolute Gasteiger partial charge is 0.257 e. The highest BCUT2D eigenvalue weighted by Crippen LogP contribution is 2.27. The molecule has 23 heavy (non-hydrogen) atoms. The lowest BCUT2D eigenvalue weighted by Gasteiger charge is -2.25. The molecule has 3 heterocycles. The third kappa shape index (κ3) is 4.67. The van der Waals surface area contributed by atoms with Crippen LogP contribution in [0.4, 0.5) is 5.82 Å². The number of nitrogens with one attached hydrogen (secondary N) is 2. The molecule has 8 heteroatoms. The maximum absolute atomic E-state index is 5.77. The molecule has 1 aliphatic rings. The van der Waals surface area contributed by atoms with Crippen LogP contribution < -0.4 is 20.1 Å². The third-order valence-corrected chi connectivity index (χ3v) is 3.48. The maximum atomic E-state index is 5.77. The van der Waals surface area contributed by atoms with Gasteiger partial charge in [-0.3, -0.25) is 0 Å². The van der Waals surface area contributed by atoms with E-state index in [0.29, 0.717) is 23.4 Å². The Bertz CT molecular complexity index is 626. The molecular weight excluding hydrogens is 318 g/mol. The summed E-state index contributed by atoms with van der Waals surface area (Å²) in [5, 5.41) is 14.6. The number of fused-ring (bicyclic) bond motifs is 1. The zero-order chi connectivity index (χ0) is 15.9. The molecule has 0 saturated heterocycles. The van der Waals surface area contributed by atoms with Gasteiger partial charge in [0.05, 0.1) is 0 Å². The van der Waals surface area contributed by atoms with Gasteiger partial charge < -0.3 is 20.1 Å². The van der Waals surface area contributed by atoms with Crippen LogP contribution in [-0.2, 0) is 0 Å². The summed E-state index contributed by atoms with van der Waals surface area (Å²) in [6, 6.07) is 7.21. The quantitative estimate of drug-likeness (QED) is 0.746. The number of ether oxygens (including phenoxy) is 2. The van der Waals surface area contributed by atoms with Gasteiger partial charge in [0.25, 0.3) is 5.88 Å². The van der Waals surface area contributed by atoms with Gasteiger partial charge in [0, 0.05) is 19.3 Å². The lowest BCUT2D eigenvalue weighted by Crippen LogP contribution is -2.39. The van der Waals surface area contributed by atoms with Gasteiger partial charge in [-0.1, -0.05) is 11.6 Å². The second-order valence-electron chi connectivity index (χ2n) is 5.08. The second-order valence-corrected chi connectivity index (χ2v) is 5.47. The summed E-state index contributed by atoms with van der Waals surface area (Å²) >= 11 is 5.68. The summed E-state index contributed by atoms with van der Waals surface area (Å²) in [5.74, 6) is 1.99. The van der Waals surface area contributed by atoms with Crippen LogP contribution in [0.3, 0.4) is 0 Å². The van der Waals surface area contributed by atoms with Crippen molar-refractivity contribution in [3.63, 3.8) is 0 Å². The minimum Gasteiger partial charge on any atom is -0.484 e. The van der Waals surface area contributed by atoms with Crippen LogP contribution in [-0.4, -0.2) is 47.5 Å². The molecule has 1 atom stereocenters. The molecule has 3 rings (SSSR count). The lowest BCUT2D eigenvalue weighted by atomic mass is 10.3. The van der Waals surface area contributed by atoms with Crippen LogP contribution in [0.25, 0.3) is 0 Å². The van der Waals surface area contributed by atoms with Crippen LogP contribution >= 0.6 is 11.6 Å². The van der Waals surface area contributed by atoms with Crippen LogP contribution in [0.5, 0.6) is 11.6 Å². The van der Waals surface area contributed by atoms with Crippen molar-refractivity contribution >= 4 is 17.4 Å². The van der Waals surface area contributed by atoms with E-state index in [4.69, 9.17) is 21.1 Å². The molecule has 2 aromatic heterocycles. The Labute approximate surface area is 139 Å². The predicted octanol–water partition coefficient (Wildman–Crippen LogP) is 1.76. The molecule has 1 unspecified atom stereocenters. The Hall–Kier alpha value is -2.12. The van der Waals surface area contributed by atoms with Gasteiger partial charge >= 0.3 is 0 Å². The molecule has 0 bridgehead atoms. The zero-order valence-corrected chi connectivity index (χ0v) is 13.3. The highest BCUT2D eigenvalue weighted by Gasteiger charge is 2.20. The molecule has 2 aromatic rings. The summed E-state index contributed by atoms with van der Waals surface area (Å²) in [7, 11) is 0. The molecular formula is C15H18ClN5O2. The molecule has 1 aliphatic heterocycles. The van der Waals surface area contributed by atoms with Crippen molar-refractivity contribution in [2.45, 2.75) is 12.5 Å². The molecule has 2 N–H and O–H groups in total. The Morgan fingerprint density at radius 2 is 2.17 bits per heavy atom. The Morgan fingerprint density at radius 1 is 1.22 bits per heavy atom. The monoisotopic (exact) mass is 335 g/mol. The normalized spacial score (nSPS) is 16.1. The van der Waals surface area contributed by atoms with Gasteiger partial charge in [0.2, 0.25) is 0 Å². The fraction of sp³-hybridized carbons (Fsp3) is 0.400. The molecule has 0 radical (unpaired) electrons. The van der Waals surface area contributed by atoms with Crippen LogP contribution in [0.15, 0.2) is 30.5 Å². The van der Waals surface area contributed by atoms with Gasteiger partial charge in [-0.2, -0.15) is 0 Å². The summed E-state index contributed by atoms with van der Waals surface area (Å²) in [4.78, 5) is 4.16. The lowest BCUT2D eigenvalue weighted by molar-refractivity contribution is 0.0846. The topological polar surface area (TPSA) is 81.2 Å². The van der Waals surface area contributed by atoms with E-state index in [1.54, 1.807) is 18.3 Å². The number of halogens is 1. The number of hydrogen-bond acceptors (Lipinski definition) is 7. The van der Waals surface area contributed by atoms with E-state index < -0.39 is 0 Å². The second kappa shape index (κ2) is 7.94. The number of anilines is 1. The summed E-state index contributed by atoms with van der Waals surface area (Å²) in [5.41, 5.74) is 0. The van der Waals surface area contributed by atoms with Crippen molar-refractivity contribution in [3.05, 3.63) is 35.6 Å². The first-order valence-electron chi connectivity index (χ1n) is 7.49. The first kappa shape index (κ1) is 15.8. The highest BCUT2D eigenvalue weighted by molar-refractivity contribution is 6.29. The largest absolute Gasteiger partial charge is 0.484 e.